The first-order valence-corrected chi connectivity index (χ1v) is 7.88. The summed E-state index contributed by atoms with van der Waals surface area (Å²) in [4.78, 5) is 4.04. The molecule has 1 heterocycles. The van der Waals surface area contributed by atoms with E-state index in [-0.39, 0.29) is 5.54 Å². The number of aryl methyl sites for hydroxylation is 1. The summed E-state index contributed by atoms with van der Waals surface area (Å²) in [5.41, 5.74) is 6.33. The van der Waals surface area contributed by atoms with E-state index in [1.165, 1.54) is 43.3 Å². The minimum Gasteiger partial charge on any atom is -0.329 e. The first-order chi connectivity index (χ1) is 9.70. The van der Waals surface area contributed by atoms with Crippen molar-refractivity contribution >= 4 is 0 Å². The van der Waals surface area contributed by atoms with E-state index in [2.05, 4.69) is 27.2 Å². The molecule has 1 saturated carbocycles. The van der Waals surface area contributed by atoms with Crippen LogP contribution in [0, 0.1) is 0 Å². The fourth-order valence-electron chi connectivity index (χ4n) is 3.35. The number of aromatic nitrogens is 4. The van der Waals surface area contributed by atoms with Crippen LogP contribution in [0.25, 0.3) is 0 Å². The van der Waals surface area contributed by atoms with Crippen molar-refractivity contribution in [2.75, 3.05) is 13.1 Å². The van der Waals surface area contributed by atoms with Crippen molar-refractivity contribution in [3.8, 4) is 0 Å². The van der Waals surface area contributed by atoms with Crippen LogP contribution < -0.4 is 5.73 Å². The van der Waals surface area contributed by atoms with Gasteiger partial charge in [0.1, 0.15) is 0 Å². The lowest BCUT2D eigenvalue weighted by Gasteiger charge is -2.42. The van der Waals surface area contributed by atoms with Crippen LogP contribution in [-0.4, -0.2) is 43.7 Å². The van der Waals surface area contributed by atoms with Gasteiger partial charge in [0.2, 0.25) is 0 Å². The molecule has 0 amide bonds. The van der Waals surface area contributed by atoms with Crippen LogP contribution in [0.5, 0.6) is 0 Å². The molecule has 2 N–H and O–H groups in total. The molecule has 0 bridgehead atoms. The zero-order valence-corrected chi connectivity index (χ0v) is 12.9. The third-order valence-corrected chi connectivity index (χ3v) is 4.46. The van der Waals surface area contributed by atoms with Crippen LogP contribution in [0.15, 0.2) is 0 Å². The Bertz CT molecular complexity index is 394. The predicted molar refractivity (Wildman–Crippen MR) is 79.0 cm³/mol. The van der Waals surface area contributed by atoms with Crippen molar-refractivity contribution in [3.63, 3.8) is 0 Å². The lowest BCUT2D eigenvalue weighted by atomic mass is 9.87. The summed E-state index contributed by atoms with van der Waals surface area (Å²) < 4.78 is 0. The standard InChI is InChI=1S/C14H28N6/c1-3-10-20(11-13-16-18-19(2)17-13)14(12-15)8-6-4-5-7-9-14/h3-12,15H2,1-2H3. The second-order valence-electron chi connectivity index (χ2n) is 5.96. The molecule has 0 aromatic carbocycles. The van der Waals surface area contributed by atoms with Gasteiger partial charge in [0, 0.05) is 12.1 Å². The molecule has 6 heteroatoms. The van der Waals surface area contributed by atoms with E-state index < -0.39 is 0 Å². The lowest BCUT2D eigenvalue weighted by molar-refractivity contribution is 0.0670. The second-order valence-corrected chi connectivity index (χ2v) is 5.96. The normalized spacial score (nSPS) is 19.2. The van der Waals surface area contributed by atoms with Gasteiger partial charge in [-0.2, -0.15) is 4.80 Å². The molecule has 1 aromatic heterocycles. The van der Waals surface area contributed by atoms with Gasteiger partial charge >= 0.3 is 0 Å². The highest BCUT2D eigenvalue weighted by molar-refractivity contribution is 4.95. The molecule has 1 aliphatic carbocycles. The second kappa shape index (κ2) is 7.13. The Morgan fingerprint density at radius 2 is 1.95 bits per heavy atom. The van der Waals surface area contributed by atoms with E-state index in [1.54, 1.807) is 0 Å². The van der Waals surface area contributed by atoms with Crippen LogP contribution in [0.4, 0.5) is 0 Å². The molecule has 1 aliphatic rings. The maximum atomic E-state index is 6.19. The molecule has 0 aliphatic heterocycles. The molecular weight excluding hydrogens is 252 g/mol. The smallest absolute Gasteiger partial charge is 0.188 e. The number of nitrogens with zero attached hydrogens (tertiary/aromatic N) is 5. The van der Waals surface area contributed by atoms with E-state index in [0.717, 1.165) is 31.9 Å². The fraction of sp³-hybridized carbons (Fsp3) is 0.929. The van der Waals surface area contributed by atoms with Crippen molar-refractivity contribution in [1.82, 2.24) is 25.1 Å². The van der Waals surface area contributed by atoms with Gasteiger partial charge in [-0.05, 0) is 31.0 Å². The quantitative estimate of drug-likeness (QED) is 0.799. The summed E-state index contributed by atoms with van der Waals surface area (Å²) >= 11 is 0. The van der Waals surface area contributed by atoms with Crippen LogP contribution in [0.1, 0.15) is 57.7 Å². The molecule has 1 aromatic rings. The number of rotatable bonds is 6. The van der Waals surface area contributed by atoms with Crippen molar-refractivity contribution in [2.45, 2.75) is 64.0 Å². The molecule has 0 radical (unpaired) electrons. The molecule has 0 unspecified atom stereocenters. The summed E-state index contributed by atoms with van der Waals surface area (Å²) in [6.07, 6.45) is 8.77. The maximum Gasteiger partial charge on any atom is 0.188 e. The Morgan fingerprint density at radius 3 is 2.45 bits per heavy atom. The number of hydrogen-bond donors (Lipinski definition) is 1. The minimum absolute atomic E-state index is 0.131. The minimum atomic E-state index is 0.131. The maximum absolute atomic E-state index is 6.19. The first-order valence-electron chi connectivity index (χ1n) is 7.88. The average Bonchev–Trinajstić information content (AvgIpc) is 2.72. The number of hydrogen-bond acceptors (Lipinski definition) is 5. The summed E-state index contributed by atoms with van der Waals surface area (Å²) in [6, 6.07) is 0. The zero-order valence-electron chi connectivity index (χ0n) is 12.9. The molecule has 114 valence electrons. The molecule has 0 spiro atoms. The lowest BCUT2D eigenvalue weighted by Crippen LogP contribution is -2.53. The summed E-state index contributed by atoms with van der Waals surface area (Å²) in [6.45, 7) is 4.76. The van der Waals surface area contributed by atoms with Crippen LogP contribution >= 0.6 is 0 Å². The highest BCUT2D eigenvalue weighted by Crippen LogP contribution is 2.32. The van der Waals surface area contributed by atoms with Gasteiger partial charge < -0.3 is 5.73 Å². The van der Waals surface area contributed by atoms with E-state index in [0.29, 0.717) is 0 Å². The van der Waals surface area contributed by atoms with Gasteiger partial charge in [0.25, 0.3) is 0 Å². The van der Waals surface area contributed by atoms with Gasteiger partial charge in [-0.3, -0.25) is 4.90 Å². The van der Waals surface area contributed by atoms with E-state index in [4.69, 9.17) is 5.73 Å². The van der Waals surface area contributed by atoms with Crippen molar-refractivity contribution in [3.05, 3.63) is 5.82 Å². The van der Waals surface area contributed by atoms with E-state index in [9.17, 15) is 0 Å². The first kappa shape index (κ1) is 15.4. The highest BCUT2D eigenvalue weighted by atomic mass is 15.6. The largest absolute Gasteiger partial charge is 0.329 e. The zero-order chi connectivity index (χ0) is 14.4. The van der Waals surface area contributed by atoms with Crippen LogP contribution in [0.2, 0.25) is 0 Å². The topological polar surface area (TPSA) is 72.9 Å². The van der Waals surface area contributed by atoms with Gasteiger partial charge in [-0.15, -0.1) is 10.2 Å². The Labute approximate surface area is 121 Å². The molecule has 0 atom stereocenters. The summed E-state index contributed by atoms with van der Waals surface area (Å²) in [7, 11) is 1.81. The van der Waals surface area contributed by atoms with Gasteiger partial charge in [-0.1, -0.05) is 32.6 Å². The van der Waals surface area contributed by atoms with Crippen molar-refractivity contribution in [1.29, 1.82) is 0 Å². The van der Waals surface area contributed by atoms with Gasteiger partial charge in [0.05, 0.1) is 13.6 Å². The Kier molecular flexibility index (Phi) is 5.48. The number of tetrazole rings is 1. The Morgan fingerprint density at radius 1 is 1.25 bits per heavy atom. The molecule has 6 nitrogen and oxygen atoms in total. The fourth-order valence-corrected chi connectivity index (χ4v) is 3.35. The van der Waals surface area contributed by atoms with Crippen molar-refractivity contribution < 1.29 is 0 Å². The van der Waals surface area contributed by atoms with Gasteiger partial charge in [-0.25, -0.2) is 0 Å². The van der Waals surface area contributed by atoms with Crippen LogP contribution in [-0.2, 0) is 13.6 Å². The molecule has 0 saturated heterocycles. The third-order valence-electron chi connectivity index (χ3n) is 4.46. The molecular formula is C14H28N6. The summed E-state index contributed by atoms with van der Waals surface area (Å²) in [5.74, 6) is 0.804. The predicted octanol–water partition coefficient (Wildman–Crippen LogP) is 1.47. The van der Waals surface area contributed by atoms with E-state index in [1.807, 2.05) is 7.05 Å². The summed E-state index contributed by atoms with van der Waals surface area (Å²) in [5, 5.41) is 12.4. The molecule has 2 rings (SSSR count). The number of nitrogens with two attached hydrogens (primary N) is 1. The third kappa shape index (κ3) is 3.55. The van der Waals surface area contributed by atoms with E-state index >= 15 is 0 Å². The van der Waals surface area contributed by atoms with Gasteiger partial charge in [0.15, 0.2) is 5.82 Å². The monoisotopic (exact) mass is 280 g/mol. The highest BCUT2D eigenvalue weighted by Gasteiger charge is 2.35. The van der Waals surface area contributed by atoms with Crippen molar-refractivity contribution in [2.24, 2.45) is 12.8 Å². The van der Waals surface area contributed by atoms with Crippen LogP contribution in [0.3, 0.4) is 0 Å². The Hall–Kier alpha value is -1.01. The Balaban J connectivity index is 2.15. The average molecular weight is 280 g/mol. The molecule has 20 heavy (non-hydrogen) atoms. The SMILES string of the molecule is CCCN(Cc1nnn(C)n1)C1(CN)CCCCCC1. The molecule has 1 fully saturated rings.